The van der Waals surface area contributed by atoms with Gasteiger partial charge in [0.05, 0.1) is 5.41 Å². The fourth-order valence-corrected chi connectivity index (χ4v) is 3.90. The van der Waals surface area contributed by atoms with Crippen molar-refractivity contribution in [3.63, 3.8) is 0 Å². The van der Waals surface area contributed by atoms with Gasteiger partial charge in [-0.1, -0.05) is 43.2 Å². The van der Waals surface area contributed by atoms with Crippen molar-refractivity contribution in [1.29, 1.82) is 0 Å². The highest BCUT2D eigenvalue weighted by molar-refractivity contribution is 5.88. The summed E-state index contributed by atoms with van der Waals surface area (Å²) in [5.41, 5.74) is 0.928. The van der Waals surface area contributed by atoms with Crippen LogP contribution in [-0.4, -0.2) is 25.5 Å². The number of carbonyl (C=O) groups excluding carboxylic acids is 1. The Bertz CT molecular complexity index is 465. The maximum Gasteiger partial charge on any atom is 0.230 e. The van der Waals surface area contributed by atoms with Crippen LogP contribution in [0.25, 0.3) is 0 Å². The third kappa shape index (κ3) is 3.64. The number of rotatable bonds is 5. The van der Waals surface area contributed by atoms with E-state index in [-0.39, 0.29) is 23.7 Å². The molecule has 0 radical (unpaired) electrons. The van der Waals surface area contributed by atoms with Gasteiger partial charge in [0.1, 0.15) is 0 Å². The van der Waals surface area contributed by atoms with Crippen molar-refractivity contribution < 1.29 is 4.79 Å². The van der Waals surface area contributed by atoms with Crippen molar-refractivity contribution >= 4 is 18.3 Å². The molecule has 2 N–H and O–H groups in total. The molecule has 1 unspecified atom stereocenters. The number of carbonyl (C=O) groups is 1. The molecule has 122 valence electrons. The third-order valence-corrected chi connectivity index (χ3v) is 5.22. The van der Waals surface area contributed by atoms with Gasteiger partial charge in [-0.25, -0.2) is 0 Å². The molecular weight excluding hydrogens is 296 g/mol. The fraction of sp³-hybridized carbons (Fsp3) is 0.611. The zero-order chi connectivity index (χ0) is 14.5. The zero-order valence-corrected chi connectivity index (χ0v) is 14.0. The van der Waals surface area contributed by atoms with Crippen LogP contribution in [0.15, 0.2) is 30.3 Å². The Kier molecular flexibility index (Phi) is 6.27. The number of hydrogen-bond donors (Lipinski definition) is 2. The van der Waals surface area contributed by atoms with E-state index in [0.717, 1.165) is 57.7 Å². The van der Waals surface area contributed by atoms with Gasteiger partial charge in [-0.2, -0.15) is 0 Å². The molecule has 4 heteroatoms. The zero-order valence-electron chi connectivity index (χ0n) is 13.1. The summed E-state index contributed by atoms with van der Waals surface area (Å²) in [7, 11) is 0. The molecule has 1 aliphatic heterocycles. The first-order valence-corrected chi connectivity index (χ1v) is 8.36. The highest BCUT2D eigenvalue weighted by atomic mass is 35.5. The van der Waals surface area contributed by atoms with E-state index in [1.54, 1.807) is 0 Å². The molecular formula is C18H27ClN2O. The Balaban J connectivity index is 0.00000176. The standard InChI is InChI=1S/C18H26N2O.ClH/c21-17(20-13-9-15-8-12-19-14-15)18(10-4-5-11-18)16-6-2-1-3-7-16;/h1-3,6-7,15,19H,4-5,8-14H2,(H,20,21);1H. The first-order valence-electron chi connectivity index (χ1n) is 8.36. The van der Waals surface area contributed by atoms with Crippen molar-refractivity contribution in [3.8, 4) is 0 Å². The normalized spacial score (nSPS) is 23.0. The van der Waals surface area contributed by atoms with Crippen molar-refractivity contribution in [2.24, 2.45) is 5.92 Å². The summed E-state index contributed by atoms with van der Waals surface area (Å²) in [5, 5.41) is 6.61. The van der Waals surface area contributed by atoms with Gasteiger partial charge in [-0.15, -0.1) is 12.4 Å². The minimum atomic E-state index is -0.269. The Morgan fingerprint density at radius 1 is 1.23 bits per heavy atom. The predicted octanol–water partition coefficient (Wildman–Crippen LogP) is 3.04. The van der Waals surface area contributed by atoms with E-state index in [4.69, 9.17) is 0 Å². The molecule has 1 aliphatic carbocycles. The molecule has 3 nitrogen and oxygen atoms in total. The van der Waals surface area contributed by atoms with E-state index in [9.17, 15) is 4.79 Å². The Labute approximate surface area is 139 Å². The molecule has 2 aliphatic rings. The summed E-state index contributed by atoms with van der Waals surface area (Å²) in [6, 6.07) is 10.4. The van der Waals surface area contributed by atoms with Crippen LogP contribution in [0.3, 0.4) is 0 Å². The van der Waals surface area contributed by atoms with Crippen LogP contribution in [0.1, 0.15) is 44.1 Å². The van der Waals surface area contributed by atoms with E-state index >= 15 is 0 Å². The molecule has 0 aromatic heterocycles. The molecule has 0 spiro atoms. The maximum absolute atomic E-state index is 12.8. The molecule has 2 fully saturated rings. The fourth-order valence-electron chi connectivity index (χ4n) is 3.90. The first kappa shape index (κ1) is 17.3. The summed E-state index contributed by atoms with van der Waals surface area (Å²) in [6.45, 7) is 3.06. The first-order chi connectivity index (χ1) is 10.3. The van der Waals surface area contributed by atoms with E-state index in [1.165, 1.54) is 12.0 Å². The van der Waals surface area contributed by atoms with E-state index in [1.807, 2.05) is 18.2 Å². The smallest absolute Gasteiger partial charge is 0.230 e. The van der Waals surface area contributed by atoms with Gasteiger partial charge >= 0.3 is 0 Å². The number of halogens is 1. The third-order valence-electron chi connectivity index (χ3n) is 5.22. The van der Waals surface area contributed by atoms with Crippen LogP contribution in [-0.2, 0) is 10.2 Å². The molecule has 1 aromatic carbocycles. The van der Waals surface area contributed by atoms with Crippen LogP contribution in [0, 0.1) is 5.92 Å². The molecule has 1 heterocycles. The lowest BCUT2D eigenvalue weighted by Gasteiger charge is -2.28. The van der Waals surface area contributed by atoms with Crippen molar-refractivity contribution in [2.75, 3.05) is 19.6 Å². The number of nitrogens with one attached hydrogen (secondary N) is 2. The Morgan fingerprint density at radius 2 is 1.95 bits per heavy atom. The van der Waals surface area contributed by atoms with Crippen molar-refractivity contribution in [1.82, 2.24) is 10.6 Å². The van der Waals surface area contributed by atoms with Crippen LogP contribution >= 0.6 is 12.4 Å². The average molecular weight is 323 g/mol. The maximum atomic E-state index is 12.8. The monoisotopic (exact) mass is 322 g/mol. The number of benzene rings is 1. The minimum Gasteiger partial charge on any atom is -0.355 e. The van der Waals surface area contributed by atoms with Crippen LogP contribution in [0.5, 0.6) is 0 Å². The second-order valence-corrected chi connectivity index (χ2v) is 6.56. The van der Waals surface area contributed by atoms with Gasteiger partial charge in [0.15, 0.2) is 0 Å². The molecule has 1 saturated carbocycles. The highest BCUT2D eigenvalue weighted by Crippen LogP contribution is 2.41. The predicted molar refractivity (Wildman–Crippen MR) is 92.4 cm³/mol. The van der Waals surface area contributed by atoms with Gasteiger partial charge < -0.3 is 10.6 Å². The molecule has 22 heavy (non-hydrogen) atoms. The SMILES string of the molecule is Cl.O=C(NCCC1CCNC1)C1(c2ccccc2)CCCC1. The molecule has 1 aromatic rings. The van der Waals surface area contributed by atoms with Gasteiger partial charge in [0, 0.05) is 6.54 Å². The van der Waals surface area contributed by atoms with E-state index in [0.29, 0.717) is 0 Å². The van der Waals surface area contributed by atoms with Crippen LogP contribution in [0.4, 0.5) is 0 Å². The Hall–Kier alpha value is -1.06. The minimum absolute atomic E-state index is 0. The second-order valence-electron chi connectivity index (χ2n) is 6.56. The van der Waals surface area contributed by atoms with Gasteiger partial charge in [0.2, 0.25) is 5.91 Å². The lowest BCUT2D eigenvalue weighted by atomic mass is 9.78. The summed E-state index contributed by atoms with van der Waals surface area (Å²) in [5.74, 6) is 0.985. The molecule has 0 bridgehead atoms. The molecule has 1 atom stereocenters. The topological polar surface area (TPSA) is 41.1 Å². The second kappa shape index (κ2) is 7.98. The highest BCUT2D eigenvalue weighted by Gasteiger charge is 2.42. The molecule has 1 saturated heterocycles. The average Bonchev–Trinajstić information content (AvgIpc) is 3.20. The lowest BCUT2D eigenvalue weighted by Crippen LogP contribution is -2.43. The van der Waals surface area contributed by atoms with Gasteiger partial charge in [0.25, 0.3) is 0 Å². The summed E-state index contributed by atoms with van der Waals surface area (Å²) >= 11 is 0. The lowest BCUT2D eigenvalue weighted by molar-refractivity contribution is -0.126. The summed E-state index contributed by atoms with van der Waals surface area (Å²) < 4.78 is 0. The molecule has 3 rings (SSSR count). The van der Waals surface area contributed by atoms with Crippen molar-refractivity contribution in [3.05, 3.63) is 35.9 Å². The van der Waals surface area contributed by atoms with Crippen LogP contribution < -0.4 is 10.6 Å². The quantitative estimate of drug-likeness (QED) is 0.875. The molecule has 1 amide bonds. The Morgan fingerprint density at radius 3 is 2.59 bits per heavy atom. The van der Waals surface area contributed by atoms with E-state index in [2.05, 4.69) is 22.8 Å². The number of hydrogen-bond acceptors (Lipinski definition) is 2. The van der Waals surface area contributed by atoms with Gasteiger partial charge in [-0.05, 0) is 50.3 Å². The number of amides is 1. The van der Waals surface area contributed by atoms with Crippen molar-refractivity contribution in [2.45, 2.75) is 43.9 Å². The summed E-state index contributed by atoms with van der Waals surface area (Å²) in [4.78, 5) is 12.8. The summed E-state index contributed by atoms with van der Waals surface area (Å²) in [6.07, 6.45) is 6.66. The van der Waals surface area contributed by atoms with Crippen LogP contribution in [0.2, 0.25) is 0 Å². The van der Waals surface area contributed by atoms with Gasteiger partial charge in [-0.3, -0.25) is 4.79 Å². The van der Waals surface area contributed by atoms with E-state index < -0.39 is 0 Å². The largest absolute Gasteiger partial charge is 0.355 e.